The van der Waals surface area contributed by atoms with Gasteiger partial charge in [-0.2, -0.15) is 0 Å². The van der Waals surface area contributed by atoms with E-state index >= 15 is 0 Å². The number of oxazole rings is 1. The van der Waals surface area contributed by atoms with E-state index in [1.54, 1.807) is 18.2 Å². The van der Waals surface area contributed by atoms with Crippen LogP contribution in [-0.2, 0) is 4.79 Å². The third-order valence-electron chi connectivity index (χ3n) is 1.86. The lowest BCUT2D eigenvalue weighted by Crippen LogP contribution is -2.05. The third kappa shape index (κ3) is 2.15. The minimum atomic E-state index is -0.0945. The third-order valence-corrected chi connectivity index (χ3v) is 2.39. The van der Waals surface area contributed by atoms with Gasteiger partial charge in [0.15, 0.2) is 12.7 Å². The van der Waals surface area contributed by atoms with Crippen LogP contribution in [0, 0.1) is 0 Å². The van der Waals surface area contributed by atoms with E-state index in [2.05, 4.69) is 10.3 Å². The van der Waals surface area contributed by atoms with Crippen molar-refractivity contribution in [1.82, 2.24) is 4.98 Å². The lowest BCUT2D eigenvalue weighted by Gasteiger charge is -1.99. The van der Waals surface area contributed by atoms with Gasteiger partial charge in [-0.25, -0.2) is 4.98 Å². The van der Waals surface area contributed by atoms with Crippen LogP contribution in [-0.4, -0.2) is 18.0 Å². The molecule has 76 valence electrons. The largest absolute Gasteiger partial charge is 0.432 e. The van der Waals surface area contributed by atoms with E-state index in [0.717, 1.165) is 16.8 Å². The van der Waals surface area contributed by atoms with Crippen molar-refractivity contribution in [2.24, 2.45) is 0 Å². The van der Waals surface area contributed by atoms with Gasteiger partial charge >= 0.3 is 0 Å². The van der Waals surface area contributed by atoms with Gasteiger partial charge in [0.25, 0.3) is 0 Å². The topological polar surface area (TPSA) is 55.1 Å². The smallest absolute Gasteiger partial charge is 0.245 e. The summed E-state index contributed by atoms with van der Waals surface area (Å²) < 4.78 is 5.42. The summed E-state index contributed by atoms with van der Waals surface area (Å²) in [5, 5.41) is 3.33. The van der Waals surface area contributed by atoms with Gasteiger partial charge in [-0.05, 0) is 18.2 Å². The first-order chi connectivity index (χ1) is 7.19. The number of aromatic nitrogens is 1. The van der Waals surface area contributed by atoms with Crippen molar-refractivity contribution in [2.75, 3.05) is 5.32 Å². The van der Waals surface area contributed by atoms with Crippen molar-refractivity contribution in [3.05, 3.63) is 18.2 Å². The zero-order valence-corrected chi connectivity index (χ0v) is 9.22. The molecule has 0 saturated heterocycles. The second-order valence-electron chi connectivity index (χ2n) is 3.05. The maximum absolute atomic E-state index is 10.9. The molecule has 0 aliphatic rings. The number of rotatable bonds is 2. The molecule has 0 radical (unpaired) electrons. The predicted molar refractivity (Wildman–Crippen MR) is 62.7 cm³/mol. The number of carbonyl (C=O) groups is 1. The van der Waals surface area contributed by atoms with Gasteiger partial charge in [-0.3, -0.25) is 4.79 Å². The highest BCUT2D eigenvalue weighted by Crippen LogP contribution is 2.23. The Bertz CT molecular complexity index is 512. The Morgan fingerprint density at radius 2 is 2.40 bits per heavy atom. The molecular formula is C9H9BN2O2S. The van der Waals surface area contributed by atoms with Crippen molar-refractivity contribution in [2.45, 2.75) is 12.1 Å². The first kappa shape index (κ1) is 10.1. The normalized spacial score (nSPS) is 10.5. The standard InChI is InChI=1S/C9H9BN2O2S/c1-5(13)11-6-2-3-8-7(4-6)12-9(14-8)15-10/h2-4H,10H2,1H3,(H,11,13). The van der Waals surface area contributed by atoms with Gasteiger partial charge in [-0.1, -0.05) is 0 Å². The first-order valence-corrected chi connectivity index (χ1v) is 5.63. The SMILES string of the molecule is BSc1nc2cc(NC(C)=O)ccc2o1. The van der Waals surface area contributed by atoms with Crippen LogP contribution < -0.4 is 5.32 Å². The maximum Gasteiger partial charge on any atom is 0.245 e. The quantitative estimate of drug-likeness (QED) is 0.777. The molecule has 15 heavy (non-hydrogen) atoms. The number of nitrogens with one attached hydrogen (secondary N) is 1. The molecule has 1 heterocycles. The second kappa shape index (κ2) is 3.98. The molecule has 2 aromatic rings. The van der Waals surface area contributed by atoms with E-state index < -0.39 is 0 Å². The van der Waals surface area contributed by atoms with Gasteiger partial charge in [0.1, 0.15) is 5.52 Å². The summed E-state index contributed by atoms with van der Waals surface area (Å²) in [7, 11) is 1.90. The molecule has 0 spiro atoms. The molecule has 1 aromatic heterocycles. The summed E-state index contributed by atoms with van der Waals surface area (Å²) in [6, 6.07) is 5.38. The molecule has 4 nitrogen and oxygen atoms in total. The van der Waals surface area contributed by atoms with E-state index in [1.807, 2.05) is 7.12 Å². The molecule has 0 aliphatic heterocycles. The molecule has 0 atom stereocenters. The highest BCUT2D eigenvalue weighted by molar-refractivity contribution is 8.19. The zero-order chi connectivity index (χ0) is 10.8. The van der Waals surface area contributed by atoms with Crippen LogP contribution in [0.5, 0.6) is 0 Å². The van der Waals surface area contributed by atoms with E-state index in [9.17, 15) is 4.79 Å². The van der Waals surface area contributed by atoms with Crippen LogP contribution in [0.25, 0.3) is 11.1 Å². The zero-order valence-electron chi connectivity index (χ0n) is 8.40. The molecule has 0 fully saturated rings. The molecule has 1 aromatic carbocycles. The fourth-order valence-electron chi connectivity index (χ4n) is 1.27. The summed E-state index contributed by atoms with van der Waals surface area (Å²) in [6.07, 6.45) is 0. The van der Waals surface area contributed by atoms with Crippen molar-refractivity contribution in [3.63, 3.8) is 0 Å². The highest BCUT2D eigenvalue weighted by atomic mass is 32.2. The summed E-state index contributed by atoms with van der Waals surface area (Å²) in [4.78, 5) is 15.1. The number of hydrogen-bond donors (Lipinski definition) is 1. The second-order valence-corrected chi connectivity index (χ2v) is 3.81. The Morgan fingerprint density at radius 3 is 3.07 bits per heavy atom. The Balaban J connectivity index is 2.41. The van der Waals surface area contributed by atoms with Gasteiger partial charge in [0.2, 0.25) is 11.1 Å². The number of nitrogens with zero attached hydrogens (tertiary/aromatic N) is 1. The molecule has 0 aliphatic carbocycles. The van der Waals surface area contributed by atoms with E-state index in [-0.39, 0.29) is 5.91 Å². The minimum absolute atomic E-state index is 0.0945. The number of fused-ring (bicyclic) bond motifs is 1. The lowest BCUT2D eigenvalue weighted by atomic mass is 10.3. The van der Waals surface area contributed by atoms with Crippen molar-refractivity contribution in [3.8, 4) is 0 Å². The molecule has 6 heteroatoms. The summed E-state index contributed by atoms with van der Waals surface area (Å²) in [5.74, 6) is -0.0945. The summed E-state index contributed by atoms with van der Waals surface area (Å²) in [6.45, 7) is 1.47. The Morgan fingerprint density at radius 1 is 1.60 bits per heavy atom. The van der Waals surface area contributed by atoms with Crippen LogP contribution in [0.3, 0.4) is 0 Å². The number of amides is 1. The molecule has 2 rings (SSSR count). The van der Waals surface area contributed by atoms with Crippen LogP contribution in [0.1, 0.15) is 6.92 Å². The Labute approximate surface area is 91.7 Å². The van der Waals surface area contributed by atoms with Gasteiger partial charge < -0.3 is 9.73 Å². The van der Waals surface area contributed by atoms with Crippen molar-refractivity contribution >= 4 is 41.4 Å². The van der Waals surface area contributed by atoms with Crippen molar-refractivity contribution in [1.29, 1.82) is 0 Å². The average molecular weight is 220 g/mol. The van der Waals surface area contributed by atoms with Crippen LogP contribution in [0.4, 0.5) is 5.69 Å². The van der Waals surface area contributed by atoms with Gasteiger partial charge in [0.05, 0.1) is 0 Å². The van der Waals surface area contributed by atoms with Crippen molar-refractivity contribution < 1.29 is 9.21 Å². The molecule has 0 bridgehead atoms. The fourth-order valence-corrected chi connectivity index (χ4v) is 1.64. The van der Waals surface area contributed by atoms with Gasteiger partial charge in [-0.15, -0.1) is 11.6 Å². The molecular weight excluding hydrogens is 211 g/mol. The lowest BCUT2D eigenvalue weighted by molar-refractivity contribution is -0.114. The maximum atomic E-state index is 10.9. The monoisotopic (exact) mass is 220 g/mol. The fraction of sp³-hybridized carbons (Fsp3) is 0.111. The summed E-state index contributed by atoms with van der Waals surface area (Å²) in [5.41, 5.74) is 2.22. The predicted octanol–water partition coefficient (Wildman–Crippen LogP) is 1.43. The molecule has 0 unspecified atom stereocenters. The first-order valence-electron chi connectivity index (χ1n) is 4.41. The molecule has 0 saturated carbocycles. The Hall–Kier alpha value is -1.43. The number of anilines is 1. The van der Waals surface area contributed by atoms with Crippen LogP contribution in [0.15, 0.2) is 27.8 Å². The van der Waals surface area contributed by atoms with E-state index in [4.69, 9.17) is 4.42 Å². The summed E-state index contributed by atoms with van der Waals surface area (Å²) >= 11 is 1.45. The molecule has 1 N–H and O–H groups in total. The van der Waals surface area contributed by atoms with Crippen LogP contribution >= 0.6 is 11.6 Å². The Kier molecular flexibility index (Phi) is 2.68. The molecule has 1 amide bonds. The van der Waals surface area contributed by atoms with Crippen LogP contribution in [0.2, 0.25) is 0 Å². The minimum Gasteiger partial charge on any atom is -0.432 e. The number of hydrogen-bond acceptors (Lipinski definition) is 4. The average Bonchev–Trinajstić information content (AvgIpc) is 2.58. The van der Waals surface area contributed by atoms with E-state index in [1.165, 1.54) is 18.5 Å². The van der Waals surface area contributed by atoms with E-state index in [0.29, 0.717) is 5.22 Å². The number of carbonyl (C=O) groups excluding carboxylic acids is 1. The number of benzene rings is 1. The van der Waals surface area contributed by atoms with Gasteiger partial charge in [0, 0.05) is 12.6 Å². The highest BCUT2D eigenvalue weighted by Gasteiger charge is 2.05.